The normalized spacial score (nSPS) is 17.5. The number of hydrogen-bond donors (Lipinski definition) is 0. The van der Waals surface area contributed by atoms with Gasteiger partial charge in [-0.25, -0.2) is 8.42 Å². The maximum atomic E-state index is 12.7. The summed E-state index contributed by atoms with van der Waals surface area (Å²) in [5.74, 6) is 0.424. The molecule has 116 valence electrons. The van der Waals surface area contributed by atoms with E-state index in [-0.39, 0.29) is 0 Å². The van der Waals surface area contributed by atoms with Crippen molar-refractivity contribution in [2.75, 3.05) is 13.1 Å². The second-order valence-corrected chi connectivity index (χ2v) is 7.71. The quantitative estimate of drug-likeness (QED) is 0.875. The third-order valence-corrected chi connectivity index (χ3v) is 6.20. The number of piperidine rings is 1. The van der Waals surface area contributed by atoms with Crippen LogP contribution in [0.2, 0.25) is 0 Å². The molecule has 1 saturated heterocycles. The van der Waals surface area contributed by atoms with Gasteiger partial charge in [-0.1, -0.05) is 17.7 Å². The van der Waals surface area contributed by atoms with Crippen molar-refractivity contribution in [2.45, 2.75) is 30.6 Å². The fraction of sp³-hybridized carbons (Fsp3) is 0.353. The lowest BCUT2D eigenvalue weighted by molar-refractivity contribution is 0.319. The summed E-state index contributed by atoms with van der Waals surface area (Å²) in [5.41, 5.74) is 2.32. The average Bonchev–Trinajstić information content (AvgIpc) is 2.56. The van der Waals surface area contributed by atoms with E-state index in [0.717, 1.165) is 18.4 Å². The minimum absolute atomic E-state index is 0.389. The molecule has 1 aromatic carbocycles. The molecule has 1 aliphatic rings. The van der Waals surface area contributed by atoms with E-state index in [9.17, 15) is 8.42 Å². The number of hydrogen-bond acceptors (Lipinski definition) is 3. The van der Waals surface area contributed by atoms with E-state index in [2.05, 4.69) is 4.98 Å². The average molecular weight is 316 g/mol. The summed E-state index contributed by atoms with van der Waals surface area (Å²) in [6.07, 6.45) is 5.31. The van der Waals surface area contributed by atoms with Crippen LogP contribution in [0.4, 0.5) is 0 Å². The van der Waals surface area contributed by atoms with Gasteiger partial charge in [-0.15, -0.1) is 0 Å². The molecule has 0 unspecified atom stereocenters. The molecule has 1 fully saturated rings. The van der Waals surface area contributed by atoms with Crippen LogP contribution in [0.3, 0.4) is 0 Å². The lowest BCUT2D eigenvalue weighted by Gasteiger charge is -2.31. The van der Waals surface area contributed by atoms with E-state index in [0.29, 0.717) is 23.9 Å². The second-order valence-electron chi connectivity index (χ2n) is 5.77. The molecule has 0 amide bonds. The van der Waals surface area contributed by atoms with Crippen molar-refractivity contribution in [1.82, 2.24) is 9.29 Å². The Balaban J connectivity index is 1.72. The number of pyridine rings is 1. The van der Waals surface area contributed by atoms with Crippen LogP contribution in [-0.2, 0) is 10.0 Å². The molecule has 0 N–H and O–H groups in total. The monoisotopic (exact) mass is 316 g/mol. The van der Waals surface area contributed by atoms with Gasteiger partial charge < -0.3 is 0 Å². The minimum Gasteiger partial charge on any atom is -0.265 e. The van der Waals surface area contributed by atoms with Crippen molar-refractivity contribution < 1.29 is 8.42 Å². The molecular weight excluding hydrogens is 296 g/mol. The number of rotatable bonds is 3. The molecule has 0 radical (unpaired) electrons. The molecule has 1 aromatic heterocycles. The zero-order valence-corrected chi connectivity index (χ0v) is 13.5. The van der Waals surface area contributed by atoms with Gasteiger partial charge in [-0.05, 0) is 55.5 Å². The van der Waals surface area contributed by atoms with Gasteiger partial charge in [0.2, 0.25) is 10.0 Å². The fourth-order valence-corrected chi connectivity index (χ4v) is 4.39. The molecule has 1 aliphatic heterocycles. The topological polar surface area (TPSA) is 50.3 Å². The number of sulfonamides is 1. The third kappa shape index (κ3) is 3.05. The summed E-state index contributed by atoms with van der Waals surface area (Å²) in [4.78, 5) is 4.42. The summed E-state index contributed by atoms with van der Waals surface area (Å²) < 4.78 is 26.9. The van der Waals surface area contributed by atoms with Crippen molar-refractivity contribution in [3.8, 4) is 0 Å². The van der Waals surface area contributed by atoms with Crippen molar-refractivity contribution in [1.29, 1.82) is 0 Å². The van der Waals surface area contributed by atoms with Gasteiger partial charge in [0.25, 0.3) is 0 Å². The van der Waals surface area contributed by atoms with Crippen LogP contribution in [0.25, 0.3) is 0 Å². The molecular formula is C17H20N2O2S. The SMILES string of the molecule is Cc1ccc(S(=O)(=O)N2CCC(c3ccncc3)CC2)cc1. The highest BCUT2D eigenvalue weighted by Crippen LogP contribution is 2.30. The molecule has 2 aromatic rings. The van der Waals surface area contributed by atoms with E-state index >= 15 is 0 Å². The van der Waals surface area contributed by atoms with Crippen molar-refractivity contribution in [3.05, 3.63) is 59.9 Å². The van der Waals surface area contributed by atoms with E-state index < -0.39 is 10.0 Å². The lowest BCUT2D eigenvalue weighted by atomic mass is 9.91. The largest absolute Gasteiger partial charge is 0.265 e. The van der Waals surface area contributed by atoms with Gasteiger partial charge in [0.05, 0.1) is 4.90 Å². The molecule has 22 heavy (non-hydrogen) atoms. The van der Waals surface area contributed by atoms with Crippen molar-refractivity contribution in [2.24, 2.45) is 0 Å². The fourth-order valence-electron chi connectivity index (χ4n) is 2.92. The van der Waals surface area contributed by atoms with Crippen LogP contribution >= 0.6 is 0 Å². The van der Waals surface area contributed by atoms with E-state index in [1.807, 2.05) is 31.2 Å². The maximum Gasteiger partial charge on any atom is 0.243 e. The van der Waals surface area contributed by atoms with E-state index in [1.54, 1.807) is 28.8 Å². The second kappa shape index (κ2) is 6.18. The molecule has 0 saturated carbocycles. The molecule has 2 heterocycles. The third-order valence-electron chi connectivity index (χ3n) is 4.29. The molecule has 3 rings (SSSR count). The van der Waals surface area contributed by atoms with E-state index in [1.165, 1.54) is 5.56 Å². The van der Waals surface area contributed by atoms with Crippen molar-refractivity contribution in [3.63, 3.8) is 0 Å². The molecule has 0 spiro atoms. The molecule has 4 nitrogen and oxygen atoms in total. The highest BCUT2D eigenvalue weighted by Gasteiger charge is 2.29. The molecule has 0 bridgehead atoms. The molecule has 5 heteroatoms. The van der Waals surface area contributed by atoms with Gasteiger partial charge >= 0.3 is 0 Å². The Hall–Kier alpha value is -1.72. The Kier molecular flexibility index (Phi) is 4.27. The standard InChI is InChI=1S/C17H20N2O2S/c1-14-2-4-17(5-3-14)22(20,21)19-12-8-16(9-13-19)15-6-10-18-11-7-15/h2-7,10-11,16H,8-9,12-13H2,1H3. The first-order valence-corrected chi connectivity index (χ1v) is 8.98. The number of aromatic nitrogens is 1. The van der Waals surface area contributed by atoms with Crippen LogP contribution in [0.1, 0.15) is 29.9 Å². The Bertz CT molecular complexity index is 719. The first-order valence-electron chi connectivity index (χ1n) is 7.54. The number of nitrogens with zero attached hydrogens (tertiary/aromatic N) is 2. The summed E-state index contributed by atoms with van der Waals surface area (Å²) in [6.45, 7) is 3.10. The summed E-state index contributed by atoms with van der Waals surface area (Å²) in [5, 5.41) is 0. The van der Waals surface area contributed by atoms with Crippen LogP contribution in [0.15, 0.2) is 53.7 Å². The molecule has 0 atom stereocenters. The predicted octanol–water partition coefficient (Wildman–Crippen LogP) is 2.96. The summed E-state index contributed by atoms with van der Waals surface area (Å²) in [6, 6.07) is 11.1. The first kappa shape index (κ1) is 15.2. The van der Waals surface area contributed by atoms with Gasteiger partial charge in [0.1, 0.15) is 0 Å². The van der Waals surface area contributed by atoms with Gasteiger partial charge in [-0.3, -0.25) is 4.98 Å². The molecule has 0 aliphatic carbocycles. The maximum absolute atomic E-state index is 12.7. The smallest absolute Gasteiger partial charge is 0.243 e. The van der Waals surface area contributed by atoms with Crippen LogP contribution in [-0.4, -0.2) is 30.8 Å². The summed E-state index contributed by atoms with van der Waals surface area (Å²) >= 11 is 0. The zero-order valence-electron chi connectivity index (χ0n) is 12.6. The van der Waals surface area contributed by atoms with Crippen LogP contribution < -0.4 is 0 Å². The first-order chi connectivity index (χ1) is 10.6. The Morgan fingerprint density at radius 1 is 1.00 bits per heavy atom. The van der Waals surface area contributed by atoms with Gasteiger partial charge in [0, 0.05) is 25.5 Å². The van der Waals surface area contributed by atoms with E-state index in [4.69, 9.17) is 0 Å². The highest BCUT2D eigenvalue weighted by molar-refractivity contribution is 7.89. The van der Waals surface area contributed by atoms with Crippen LogP contribution in [0, 0.1) is 6.92 Å². The van der Waals surface area contributed by atoms with Gasteiger partial charge in [-0.2, -0.15) is 4.31 Å². The Morgan fingerprint density at radius 3 is 2.18 bits per heavy atom. The van der Waals surface area contributed by atoms with Crippen molar-refractivity contribution >= 4 is 10.0 Å². The zero-order chi connectivity index (χ0) is 15.6. The highest BCUT2D eigenvalue weighted by atomic mass is 32.2. The number of benzene rings is 1. The lowest BCUT2D eigenvalue weighted by Crippen LogP contribution is -2.37. The summed E-state index contributed by atoms with van der Waals surface area (Å²) in [7, 11) is -3.36. The number of aryl methyl sites for hydroxylation is 1. The Labute approximate surface area is 131 Å². The van der Waals surface area contributed by atoms with Gasteiger partial charge in [0.15, 0.2) is 0 Å². The van der Waals surface area contributed by atoms with Crippen LogP contribution in [0.5, 0.6) is 0 Å². The Morgan fingerprint density at radius 2 is 1.59 bits per heavy atom. The minimum atomic E-state index is -3.36. The predicted molar refractivity (Wildman–Crippen MR) is 86.1 cm³/mol.